The van der Waals surface area contributed by atoms with Crippen LogP contribution >= 0.6 is 0 Å². The van der Waals surface area contributed by atoms with Gasteiger partial charge in [-0.15, -0.1) is 0 Å². The van der Waals surface area contributed by atoms with Gasteiger partial charge in [0.25, 0.3) is 0 Å². The summed E-state index contributed by atoms with van der Waals surface area (Å²) in [6, 6.07) is -0.624. The van der Waals surface area contributed by atoms with Crippen molar-refractivity contribution in [1.29, 1.82) is 0 Å². The lowest BCUT2D eigenvalue weighted by Gasteiger charge is -2.20. The van der Waals surface area contributed by atoms with E-state index in [4.69, 9.17) is 4.74 Å². The minimum atomic E-state index is -0.841. The predicted molar refractivity (Wildman–Crippen MR) is 329 cm³/mol. The van der Waals surface area contributed by atoms with Crippen LogP contribution in [-0.4, -0.2) is 47.4 Å². The van der Waals surface area contributed by atoms with Crippen molar-refractivity contribution in [2.75, 3.05) is 13.2 Å². The molecule has 75 heavy (non-hydrogen) atoms. The molecule has 0 aromatic rings. The van der Waals surface area contributed by atoms with Crippen molar-refractivity contribution in [3.8, 4) is 0 Å². The van der Waals surface area contributed by atoms with Gasteiger partial charge in [0.05, 0.1) is 25.4 Å². The highest BCUT2D eigenvalue weighted by Crippen LogP contribution is 2.19. The topological polar surface area (TPSA) is 95.9 Å². The van der Waals surface area contributed by atoms with E-state index in [-0.39, 0.29) is 18.5 Å². The van der Waals surface area contributed by atoms with Gasteiger partial charge in [-0.3, -0.25) is 9.59 Å². The van der Waals surface area contributed by atoms with Gasteiger partial charge in [0.2, 0.25) is 5.91 Å². The number of amides is 1. The third-order valence-corrected chi connectivity index (χ3v) is 16.3. The van der Waals surface area contributed by atoms with Gasteiger partial charge in [0.15, 0.2) is 0 Å². The van der Waals surface area contributed by atoms with Crippen LogP contribution in [0.4, 0.5) is 0 Å². The number of aliphatic hydroxyl groups is 2. The summed E-state index contributed by atoms with van der Waals surface area (Å²) < 4.78 is 5.50. The zero-order chi connectivity index (χ0) is 54.3. The van der Waals surface area contributed by atoms with Crippen LogP contribution in [0.15, 0.2) is 12.2 Å². The molecule has 0 aromatic carbocycles. The van der Waals surface area contributed by atoms with E-state index in [0.29, 0.717) is 19.4 Å². The van der Waals surface area contributed by atoms with Crippen molar-refractivity contribution in [1.82, 2.24) is 5.32 Å². The Morgan fingerprint density at radius 2 is 0.613 bits per heavy atom. The van der Waals surface area contributed by atoms with Crippen molar-refractivity contribution < 1.29 is 24.5 Å². The Kier molecular flexibility index (Phi) is 63.9. The molecule has 0 bridgehead atoms. The maximum atomic E-state index is 12.5. The molecule has 0 radical (unpaired) electrons. The molecule has 0 spiro atoms. The molecule has 0 aliphatic carbocycles. The summed E-state index contributed by atoms with van der Waals surface area (Å²) in [6.07, 6.45) is 80.0. The third kappa shape index (κ3) is 61.7. The van der Waals surface area contributed by atoms with Crippen LogP contribution in [0.2, 0.25) is 0 Å². The quantitative estimate of drug-likeness (QED) is 0.0320. The first-order valence-corrected chi connectivity index (χ1v) is 34.5. The van der Waals surface area contributed by atoms with Crippen LogP contribution in [0.1, 0.15) is 393 Å². The zero-order valence-electron chi connectivity index (χ0n) is 51.1. The molecular formula is C69H135NO5. The second-order valence-electron chi connectivity index (χ2n) is 23.9. The van der Waals surface area contributed by atoms with Crippen molar-refractivity contribution in [3.05, 3.63) is 12.2 Å². The Hall–Kier alpha value is -1.40. The third-order valence-electron chi connectivity index (χ3n) is 16.3. The highest BCUT2D eigenvalue weighted by atomic mass is 16.5. The lowest BCUT2D eigenvalue weighted by atomic mass is 10.0. The molecule has 0 saturated carbocycles. The van der Waals surface area contributed by atoms with Crippen LogP contribution in [0, 0.1) is 0 Å². The summed E-state index contributed by atoms with van der Waals surface area (Å²) in [6.45, 7) is 4.94. The van der Waals surface area contributed by atoms with Gasteiger partial charge >= 0.3 is 5.97 Å². The fraction of sp³-hybridized carbons (Fsp3) is 0.942. The van der Waals surface area contributed by atoms with Crippen molar-refractivity contribution in [2.24, 2.45) is 0 Å². The number of esters is 1. The highest BCUT2D eigenvalue weighted by molar-refractivity contribution is 5.76. The average Bonchev–Trinajstić information content (AvgIpc) is 3.41. The Morgan fingerprint density at radius 1 is 0.360 bits per heavy atom. The summed E-state index contributed by atoms with van der Waals surface area (Å²) >= 11 is 0. The molecule has 6 heteroatoms. The van der Waals surface area contributed by atoms with Crippen molar-refractivity contribution in [3.63, 3.8) is 0 Å². The second kappa shape index (κ2) is 65.1. The number of allylic oxidation sites excluding steroid dienone is 1. The van der Waals surface area contributed by atoms with Crippen LogP contribution in [0.3, 0.4) is 0 Å². The Balaban J connectivity index is 3.33. The number of nitrogens with one attached hydrogen (secondary N) is 1. The summed E-state index contributed by atoms with van der Waals surface area (Å²) in [4.78, 5) is 24.6. The molecule has 2 atom stereocenters. The molecule has 0 rings (SSSR count). The standard InChI is InChI=1S/C69H135NO5/c1-3-5-7-9-11-13-15-17-19-35-39-43-47-51-55-59-63-69(74)75-64-60-56-52-48-44-40-36-33-31-29-27-25-23-21-20-22-24-26-28-30-32-34-38-42-46-50-54-58-62-68(73)70-66(65-71)67(72)61-57-53-49-45-41-37-18-16-14-12-10-8-6-4-2/h57,61,66-67,71-72H,3-56,58-60,62-65H2,1-2H3,(H,70,73)/b61-57+. The van der Waals surface area contributed by atoms with Crippen LogP contribution in [0.25, 0.3) is 0 Å². The van der Waals surface area contributed by atoms with Gasteiger partial charge in [-0.2, -0.15) is 0 Å². The van der Waals surface area contributed by atoms with Gasteiger partial charge in [-0.1, -0.05) is 360 Å². The lowest BCUT2D eigenvalue weighted by Crippen LogP contribution is -2.45. The number of aliphatic hydroxyl groups excluding tert-OH is 2. The fourth-order valence-corrected chi connectivity index (χ4v) is 11.1. The molecule has 0 aliphatic heterocycles. The number of carbonyl (C=O) groups is 2. The van der Waals surface area contributed by atoms with Crippen molar-refractivity contribution in [2.45, 2.75) is 405 Å². The predicted octanol–water partition coefficient (Wildman–Crippen LogP) is 22.0. The first-order chi connectivity index (χ1) is 37.0. The van der Waals surface area contributed by atoms with Crippen molar-refractivity contribution >= 4 is 11.9 Å². The van der Waals surface area contributed by atoms with Gasteiger partial charge in [0, 0.05) is 12.8 Å². The minimum absolute atomic E-state index is 0.0227. The SMILES string of the molecule is CCCCCCCCCCCCCC/C=C/C(O)C(CO)NC(=O)CCCCCCCCCCCCCCCCCCCCCCCCCCCCCCOC(=O)CCCCCCCCCCCCCCCCCC. The summed E-state index contributed by atoms with van der Waals surface area (Å²) in [7, 11) is 0. The van der Waals surface area contributed by atoms with E-state index in [2.05, 4.69) is 19.2 Å². The van der Waals surface area contributed by atoms with E-state index in [1.165, 1.54) is 327 Å². The van der Waals surface area contributed by atoms with Crippen LogP contribution in [0.5, 0.6) is 0 Å². The normalized spacial score (nSPS) is 12.5. The maximum absolute atomic E-state index is 12.5. The first kappa shape index (κ1) is 73.6. The summed E-state index contributed by atoms with van der Waals surface area (Å²) in [5, 5.41) is 23.1. The Labute approximate surface area is 469 Å². The molecule has 0 saturated heterocycles. The molecule has 2 unspecified atom stereocenters. The first-order valence-electron chi connectivity index (χ1n) is 34.5. The minimum Gasteiger partial charge on any atom is -0.466 e. The number of unbranched alkanes of at least 4 members (excludes halogenated alkanes) is 54. The average molecular weight is 1060 g/mol. The smallest absolute Gasteiger partial charge is 0.305 e. The van der Waals surface area contributed by atoms with E-state index in [1.807, 2.05) is 6.08 Å². The monoisotopic (exact) mass is 1060 g/mol. The molecule has 0 fully saturated rings. The summed E-state index contributed by atoms with van der Waals surface area (Å²) in [5.74, 6) is -0.0397. The number of hydrogen-bond donors (Lipinski definition) is 3. The van der Waals surface area contributed by atoms with E-state index < -0.39 is 12.1 Å². The molecule has 1 amide bonds. The molecule has 0 heterocycles. The van der Waals surface area contributed by atoms with E-state index >= 15 is 0 Å². The van der Waals surface area contributed by atoms with Gasteiger partial charge in [-0.25, -0.2) is 0 Å². The van der Waals surface area contributed by atoms with E-state index in [9.17, 15) is 19.8 Å². The number of rotatable bonds is 65. The van der Waals surface area contributed by atoms with Crippen LogP contribution in [-0.2, 0) is 14.3 Å². The fourth-order valence-electron chi connectivity index (χ4n) is 11.1. The highest BCUT2D eigenvalue weighted by Gasteiger charge is 2.18. The number of carbonyl (C=O) groups excluding carboxylic acids is 2. The molecule has 446 valence electrons. The Morgan fingerprint density at radius 3 is 0.907 bits per heavy atom. The largest absolute Gasteiger partial charge is 0.466 e. The molecule has 6 nitrogen and oxygen atoms in total. The number of hydrogen-bond acceptors (Lipinski definition) is 5. The zero-order valence-corrected chi connectivity index (χ0v) is 51.1. The molecule has 3 N–H and O–H groups in total. The van der Waals surface area contributed by atoms with E-state index in [0.717, 1.165) is 38.5 Å². The van der Waals surface area contributed by atoms with Gasteiger partial charge in [0.1, 0.15) is 0 Å². The number of ether oxygens (including phenoxy) is 1. The summed E-state index contributed by atoms with van der Waals surface area (Å²) in [5.41, 5.74) is 0. The van der Waals surface area contributed by atoms with E-state index in [1.54, 1.807) is 6.08 Å². The Bertz CT molecular complexity index is 1130. The second-order valence-corrected chi connectivity index (χ2v) is 23.9. The molecule has 0 aromatic heterocycles. The molecule has 0 aliphatic rings. The molecular weight excluding hydrogens is 923 g/mol. The van der Waals surface area contributed by atoms with Gasteiger partial charge < -0.3 is 20.3 Å². The van der Waals surface area contributed by atoms with Crippen LogP contribution < -0.4 is 5.32 Å². The van der Waals surface area contributed by atoms with Gasteiger partial charge in [-0.05, 0) is 32.1 Å². The maximum Gasteiger partial charge on any atom is 0.305 e. The lowest BCUT2D eigenvalue weighted by molar-refractivity contribution is -0.143.